The van der Waals surface area contributed by atoms with Crippen molar-refractivity contribution in [2.24, 2.45) is 0 Å². The van der Waals surface area contributed by atoms with Gasteiger partial charge in [-0.2, -0.15) is 0 Å². The third-order valence-corrected chi connectivity index (χ3v) is 3.40. The number of aliphatic hydroxyl groups excluding tert-OH is 1. The molecule has 0 aromatic heterocycles. The molecule has 1 N–H and O–H groups in total. The van der Waals surface area contributed by atoms with Gasteiger partial charge in [0.25, 0.3) is 0 Å². The molecule has 94 valence electrons. The van der Waals surface area contributed by atoms with Crippen LogP contribution >= 0.6 is 0 Å². The van der Waals surface area contributed by atoms with E-state index in [0.717, 1.165) is 39.0 Å². The summed E-state index contributed by atoms with van der Waals surface area (Å²) in [4.78, 5) is 4.81. The molecule has 0 bridgehead atoms. The van der Waals surface area contributed by atoms with E-state index in [1.807, 2.05) is 0 Å². The SMILES string of the molecule is CN1CCN(c2cccc(CCCO)c2)CC1. The molecule has 1 aromatic rings. The first-order valence-corrected chi connectivity index (χ1v) is 6.43. The van der Waals surface area contributed by atoms with Gasteiger partial charge in [0.2, 0.25) is 0 Å². The van der Waals surface area contributed by atoms with Crippen molar-refractivity contribution in [2.45, 2.75) is 12.8 Å². The van der Waals surface area contributed by atoms with Crippen molar-refractivity contribution in [2.75, 3.05) is 44.7 Å². The molecular weight excluding hydrogens is 212 g/mol. The van der Waals surface area contributed by atoms with Gasteiger partial charge in [-0.05, 0) is 37.6 Å². The van der Waals surface area contributed by atoms with Crippen molar-refractivity contribution in [3.05, 3.63) is 29.8 Å². The molecule has 1 aromatic carbocycles. The second-order valence-corrected chi connectivity index (χ2v) is 4.79. The Morgan fingerprint density at radius 3 is 2.65 bits per heavy atom. The Morgan fingerprint density at radius 1 is 1.18 bits per heavy atom. The van der Waals surface area contributed by atoms with E-state index in [2.05, 4.69) is 41.1 Å². The summed E-state index contributed by atoms with van der Waals surface area (Å²) in [6.07, 6.45) is 1.82. The predicted octanol–water partition coefficient (Wildman–Crippen LogP) is 1.36. The number of piperazine rings is 1. The zero-order chi connectivity index (χ0) is 12.1. The van der Waals surface area contributed by atoms with Gasteiger partial charge in [0.1, 0.15) is 0 Å². The zero-order valence-corrected chi connectivity index (χ0v) is 10.6. The zero-order valence-electron chi connectivity index (χ0n) is 10.6. The van der Waals surface area contributed by atoms with E-state index in [1.165, 1.54) is 11.3 Å². The lowest BCUT2D eigenvalue weighted by Crippen LogP contribution is -2.44. The van der Waals surface area contributed by atoms with Gasteiger partial charge in [-0.15, -0.1) is 0 Å². The summed E-state index contributed by atoms with van der Waals surface area (Å²) in [6.45, 7) is 4.78. The molecule has 3 nitrogen and oxygen atoms in total. The molecule has 1 saturated heterocycles. The Morgan fingerprint density at radius 2 is 1.94 bits per heavy atom. The van der Waals surface area contributed by atoms with Crippen LogP contribution in [-0.2, 0) is 6.42 Å². The van der Waals surface area contributed by atoms with Gasteiger partial charge < -0.3 is 14.9 Å². The van der Waals surface area contributed by atoms with Gasteiger partial charge in [0.15, 0.2) is 0 Å². The maximum Gasteiger partial charge on any atom is 0.0434 e. The topological polar surface area (TPSA) is 26.7 Å². The van der Waals surface area contributed by atoms with Crippen molar-refractivity contribution < 1.29 is 5.11 Å². The average molecular weight is 234 g/mol. The number of hydrogen-bond donors (Lipinski definition) is 1. The summed E-state index contributed by atoms with van der Waals surface area (Å²) < 4.78 is 0. The van der Waals surface area contributed by atoms with E-state index in [4.69, 9.17) is 5.11 Å². The number of likely N-dealkylation sites (N-methyl/N-ethyl adjacent to an activating group) is 1. The molecule has 1 aliphatic heterocycles. The summed E-state index contributed by atoms with van der Waals surface area (Å²) >= 11 is 0. The molecular formula is C14H22N2O. The molecule has 2 rings (SSSR count). The van der Waals surface area contributed by atoms with Gasteiger partial charge in [-0.1, -0.05) is 12.1 Å². The molecule has 3 heteroatoms. The van der Waals surface area contributed by atoms with E-state index in [9.17, 15) is 0 Å². The van der Waals surface area contributed by atoms with Crippen LogP contribution in [0.4, 0.5) is 5.69 Å². The standard InChI is InChI=1S/C14H22N2O/c1-15-7-9-16(10-8-15)14-6-2-4-13(12-14)5-3-11-17/h2,4,6,12,17H,3,5,7-11H2,1H3. The Bertz CT molecular complexity index is 346. The number of rotatable bonds is 4. The van der Waals surface area contributed by atoms with Crippen molar-refractivity contribution in [3.63, 3.8) is 0 Å². The Balaban J connectivity index is 2.00. The number of aryl methyl sites for hydroxylation is 1. The van der Waals surface area contributed by atoms with Crippen LogP contribution in [0.3, 0.4) is 0 Å². The summed E-state index contributed by atoms with van der Waals surface area (Å²) in [7, 11) is 2.18. The van der Waals surface area contributed by atoms with Crippen LogP contribution in [0.25, 0.3) is 0 Å². The third-order valence-electron chi connectivity index (χ3n) is 3.40. The number of hydrogen-bond acceptors (Lipinski definition) is 3. The molecule has 17 heavy (non-hydrogen) atoms. The molecule has 0 atom stereocenters. The van der Waals surface area contributed by atoms with E-state index < -0.39 is 0 Å². The van der Waals surface area contributed by atoms with Crippen molar-refractivity contribution in [3.8, 4) is 0 Å². The lowest BCUT2D eigenvalue weighted by molar-refractivity contribution is 0.288. The second-order valence-electron chi connectivity index (χ2n) is 4.79. The average Bonchev–Trinajstić information content (AvgIpc) is 2.37. The highest BCUT2D eigenvalue weighted by molar-refractivity contribution is 5.49. The highest BCUT2D eigenvalue weighted by atomic mass is 16.2. The quantitative estimate of drug-likeness (QED) is 0.852. The first-order valence-electron chi connectivity index (χ1n) is 6.43. The Hall–Kier alpha value is -1.06. The first-order chi connectivity index (χ1) is 8.29. The Kier molecular flexibility index (Phi) is 4.40. The monoisotopic (exact) mass is 234 g/mol. The molecule has 0 amide bonds. The molecule has 1 aliphatic rings. The number of benzene rings is 1. The van der Waals surface area contributed by atoms with Crippen LogP contribution in [0.15, 0.2) is 24.3 Å². The van der Waals surface area contributed by atoms with E-state index in [1.54, 1.807) is 0 Å². The van der Waals surface area contributed by atoms with Crippen LogP contribution in [0.1, 0.15) is 12.0 Å². The fourth-order valence-electron chi connectivity index (χ4n) is 2.26. The van der Waals surface area contributed by atoms with Crippen LogP contribution in [0, 0.1) is 0 Å². The van der Waals surface area contributed by atoms with Crippen LogP contribution in [-0.4, -0.2) is 49.8 Å². The highest BCUT2D eigenvalue weighted by Crippen LogP contribution is 2.18. The maximum absolute atomic E-state index is 8.86. The number of anilines is 1. The summed E-state index contributed by atoms with van der Waals surface area (Å²) in [5.74, 6) is 0. The highest BCUT2D eigenvalue weighted by Gasteiger charge is 2.14. The Labute approximate surface area is 104 Å². The number of nitrogens with zero attached hydrogens (tertiary/aromatic N) is 2. The van der Waals surface area contributed by atoms with Crippen LogP contribution in [0.5, 0.6) is 0 Å². The molecule has 1 fully saturated rings. The van der Waals surface area contributed by atoms with Gasteiger partial charge in [0.05, 0.1) is 0 Å². The van der Waals surface area contributed by atoms with Crippen molar-refractivity contribution >= 4 is 5.69 Å². The first kappa shape index (κ1) is 12.4. The van der Waals surface area contributed by atoms with E-state index >= 15 is 0 Å². The number of aliphatic hydroxyl groups is 1. The molecule has 0 saturated carbocycles. The van der Waals surface area contributed by atoms with E-state index in [-0.39, 0.29) is 6.61 Å². The van der Waals surface area contributed by atoms with Crippen molar-refractivity contribution in [1.82, 2.24) is 4.90 Å². The smallest absolute Gasteiger partial charge is 0.0434 e. The normalized spacial score (nSPS) is 17.4. The molecule has 1 heterocycles. The second kappa shape index (κ2) is 6.03. The minimum Gasteiger partial charge on any atom is -0.396 e. The molecule has 0 spiro atoms. The summed E-state index contributed by atoms with van der Waals surface area (Å²) in [5, 5.41) is 8.86. The molecule has 0 aliphatic carbocycles. The molecule has 0 radical (unpaired) electrons. The fraction of sp³-hybridized carbons (Fsp3) is 0.571. The van der Waals surface area contributed by atoms with Gasteiger partial charge in [-0.25, -0.2) is 0 Å². The van der Waals surface area contributed by atoms with Gasteiger partial charge in [0, 0.05) is 38.5 Å². The molecule has 0 unspecified atom stereocenters. The lowest BCUT2D eigenvalue weighted by Gasteiger charge is -2.34. The maximum atomic E-state index is 8.86. The minimum absolute atomic E-state index is 0.277. The minimum atomic E-state index is 0.277. The summed E-state index contributed by atoms with van der Waals surface area (Å²) in [5.41, 5.74) is 2.66. The predicted molar refractivity (Wildman–Crippen MR) is 71.6 cm³/mol. The van der Waals surface area contributed by atoms with Gasteiger partial charge >= 0.3 is 0 Å². The van der Waals surface area contributed by atoms with Crippen molar-refractivity contribution in [1.29, 1.82) is 0 Å². The van der Waals surface area contributed by atoms with E-state index in [0.29, 0.717) is 0 Å². The fourth-order valence-corrected chi connectivity index (χ4v) is 2.26. The van der Waals surface area contributed by atoms with Crippen LogP contribution < -0.4 is 4.90 Å². The summed E-state index contributed by atoms with van der Waals surface area (Å²) in [6, 6.07) is 8.73. The van der Waals surface area contributed by atoms with Crippen LogP contribution in [0.2, 0.25) is 0 Å². The van der Waals surface area contributed by atoms with Gasteiger partial charge in [-0.3, -0.25) is 0 Å². The largest absolute Gasteiger partial charge is 0.396 e. The third kappa shape index (κ3) is 3.45. The lowest BCUT2D eigenvalue weighted by atomic mass is 10.1.